The van der Waals surface area contributed by atoms with Crippen molar-refractivity contribution in [2.75, 3.05) is 0 Å². The van der Waals surface area contributed by atoms with Crippen LogP contribution in [0.25, 0.3) is 0 Å². The van der Waals surface area contributed by atoms with Crippen LogP contribution in [0.1, 0.15) is 52.8 Å². The third-order valence-electron chi connectivity index (χ3n) is 4.24. The molecular weight excluding hydrogens is 330 g/mol. The minimum Gasteiger partial charge on any atom is -0.412 e. The highest BCUT2D eigenvalue weighted by molar-refractivity contribution is 9.10. The first-order valence-electron chi connectivity index (χ1n) is 7.30. The molecular formula is C16H28BrNOSi. The van der Waals surface area contributed by atoms with E-state index in [4.69, 9.17) is 4.43 Å². The van der Waals surface area contributed by atoms with Gasteiger partial charge in [-0.05, 0) is 58.4 Å². The summed E-state index contributed by atoms with van der Waals surface area (Å²) in [5, 5.41) is 0. The summed E-state index contributed by atoms with van der Waals surface area (Å²) in [7, 11) is -1.11. The van der Waals surface area contributed by atoms with Gasteiger partial charge >= 0.3 is 0 Å². The zero-order chi connectivity index (χ0) is 15.6. The summed E-state index contributed by atoms with van der Waals surface area (Å²) < 4.78 is 7.28. The lowest BCUT2D eigenvalue weighted by molar-refractivity contribution is 0.0538. The molecule has 0 amide bonds. The molecule has 114 valence electrons. The molecule has 0 radical (unpaired) electrons. The molecule has 0 saturated carbocycles. The molecule has 0 aliphatic carbocycles. The molecule has 0 aliphatic heterocycles. The summed E-state index contributed by atoms with van der Waals surface area (Å²) in [6, 6.07) is 4.12. The Hall–Kier alpha value is -0.193. The van der Waals surface area contributed by atoms with Crippen LogP contribution in [0.3, 0.4) is 0 Å². The third-order valence-corrected chi connectivity index (χ3v) is 5.58. The molecule has 1 rings (SSSR count). The minimum absolute atomic E-state index is 0.101. The molecule has 1 aromatic rings. The second-order valence-corrected chi connectivity index (χ2v) is 10.7. The van der Waals surface area contributed by atoms with E-state index in [1.165, 1.54) is 0 Å². The highest BCUT2D eigenvalue weighted by Gasteiger charge is 2.36. The molecule has 2 nitrogen and oxygen atoms in total. The number of hydrogen-bond donors (Lipinski definition) is 0. The van der Waals surface area contributed by atoms with Gasteiger partial charge < -0.3 is 4.43 Å². The number of nitrogens with zero attached hydrogens (tertiary/aromatic N) is 1. The number of rotatable bonds is 5. The zero-order valence-electron chi connectivity index (χ0n) is 13.8. The van der Waals surface area contributed by atoms with Crippen LogP contribution in [0.5, 0.6) is 0 Å². The molecule has 0 bridgehead atoms. The molecule has 0 N–H and O–H groups in total. The highest BCUT2D eigenvalue weighted by Crippen LogP contribution is 2.45. The van der Waals surface area contributed by atoms with Gasteiger partial charge in [0.1, 0.15) is 0 Å². The summed E-state index contributed by atoms with van der Waals surface area (Å²) in [5.41, 5.74) is 1.48. The molecule has 20 heavy (non-hydrogen) atoms. The van der Waals surface area contributed by atoms with Gasteiger partial charge in [-0.2, -0.15) is 0 Å². The van der Waals surface area contributed by atoms with Crippen molar-refractivity contribution in [3.8, 4) is 0 Å². The Morgan fingerprint density at radius 2 is 1.80 bits per heavy atom. The van der Waals surface area contributed by atoms with Gasteiger partial charge in [-0.1, -0.05) is 34.6 Å². The van der Waals surface area contributed by atoms with Gasteiger partial charge in [-0.25, -0.2) is 0 Å². The smallest absolute Gasteiger partial charge is 0.171 e. The maximum absolute atomic E-state index is 6.27. The minimum atomic E-state index is -1.11. The van der Waals surface area contributed by atoms with Crippen molar-refractivity contribution in [3.63, 3.8) is 0 Å². The van der Waals surface area contributed by atoms with Crippen molar-refractivity contribution in [2.45, 2.75) is 60.2 Å². The fourth-order valence-corrected chi connectivity index (χ4v) is 3.03. The van der Waals surface area contributed by atoms with Crippen LogP contribution >= 0.6 is 15.9 Å². The predicted molar refractivity (Wildman–Crippen MR) is 92.5 cm³/mol. The number of pyridine rings is 1. The predicted octanol–water partition coefficient (Wildman–Crippen LogP) is 5.35. The van der Waals surface area contributed by atoms with Crippen molar-refractivity contribution in [1.29, 1.82) is 0 Å². The molecule has 1 aromatic heterocycles. The molecule has 0 saturated heterocycles. The topological polar surface area (TPSA) is 22.1 Å². The van der Waals surface area contributed by atoms with Crippen LogP contribution < -0.4 is 0 Å². The first-order valence-corrected chi connectivity index (χ1v) is 10.9. The van der Waals surface area contributed by atoms with Crippen LogP contribution in [0.15, 0.2) is 22.8 Å². The Morgan fingerprint density at radius 1 is 1.20 bits per heavy atom. The molecule has 0 aromatic carbocycles. The SMILES string of the molecule is C[SiH](C)OC(CC(C)(C)C(C)(C)C)c1ccc(Br)cn1. The first-order chi connectivity index (χ1) is 9.03. The Morgan fingerprint density at radius 3 is 2.20 bits per heavy atom. The lowest BCUT2D eigenvalue weighted by Gasteiger charge is -2.41. The Bertz CT molecular complexity index is 423. The molecule has 0 spiro atoms. The largest absolute Gasteiger partial charge is 0.412 e. The van der Waals surface area contributed by atoms with Crippen molar-refractivity contribution in [3.05, 3.63) is 28.5 Å². The van der Waals surface area contributed by atoms with E-state index >= 15 is 0 Å². The van der Waals surface area contributed by atoms with Gasteiger partial charge in [0.25, 0.3) is 0 Å². The molecule has 1 atom stereocenters. The second-order valence-electron chi connectivity index (χ2n) is 7.41. The van der Waals surface area contributed by atoms with Crippen LogP contribution in [-0.4, -0.2) is 14.0 Å². The number of aromatic nitrogens is 1. The van der Waals surface area contributed by atoms with Gasteiger partial charge in [-0.3, -0.25) is 4.98 Å². The second kappa shape index (κ2) is 6.71. The summed E-state index contributed by atoms with van der Waals surface area (Å²) >= 11 is 3.44. The van der Waals surface area contributed by atoms with Crippen molar-refractivity contribution in [2.24, 2.45) is 10.8 Å². The van der Waals surface area contributed by atoms with Crippen LogP contribution in [0.2, 0.25) is 13.1 Å². The average molecular weight is 358 g/mol. The number of halogens is 1. The third kappa shape index (κ3) is 4.97. The normalized spacial score (nSPS) is 14.7. The van der Waals surface area contributed by atoms with E-state index in [0.717, 1.165) is 16.6 Å². The maximum Gasteiger partial charge on any atom is 0.171 e. The van der Waals surface area contributed by atoms with Gasteiger partial charge in [0.15, 0.2) is 9.04 Å². The molecule has 1 unspecified atom stereocenters. The molecule has 1 heterocycles. The van der Waals surface area contributed by atoms with E-state index in [1.54, 1.807) is 0 Å². The van der Waals surface area contributed by atoms with E-state index in [2.05, 4.69) is 74.7 Å². The zero-order valence-corrected chi connectivity index (χ0v) is 16.6. The fraction of sp³-hybridized carbons (Fsp3) is 0.688. The lowest BCUT2D eigenvalue weighted by Crippen LogP contribution is -2.33. The van der Waals surface area contributed by atoms with E-state index in [-0.39, 0.29) is 16.9 Å². The van der Waals surface area contributed by atoms with E-state index in [0.29, 0.717) is 0 Å². The van der Waals surface area contributed by atoms with Crippen LogP contribution in [0.4, 0.5) is 0 Å². The summed E-state index contributed by atoms with van der Waals surface area (Å²) in [4.78, 5) is 4.55. The van der Waals surface area contributed by atoms with Crippen molar-refractivity contribution in [1.82, 2.24) is 4.98 Å². The average Bonchev–Trinajstić information content (AvgIpc) is 2.26. The van der Waals surface area contributed by atoms with Crippen molar-refractivity contribution >= 4 is 25.0 Å². The number of hydrogen-bond acceptors (Lipinski definition) is 2. The molecule has 0 fully saturated rings. The maximum atomic E-state index is 6.27. The Labute approximate surface area is 134 Å². The Balaban J connectivity index is 2.99. The van der Waals surface area contributed by atoms with Crippen LogP contribution in [0, 0.1) is 10.8 Å². The standard InChI is InChI=1S/C16H28BrNOSi/c1-15(2,3)16(4,5)10-14(19-20(6)7)13-9-8-12(17)11-18-13/h8-9,11,14,20H,10H2,1-7H3. The monoisotopic (exact) mass is 357 g/mol. The van der Waals surface area contributed by atoms with Gasteiger partial charge in [0, 0.05) is 10.7 Å². The van der Waals surface area contributed by atoms with Crippen LogP contribution in [-0.2, 0) is 4.43 Å². The van der Waals surface area contributed by atoms with Gasteiger partial charge in [0.05, 0.1) is 11.8 Å². The van der Waals surface area contributed by atoms with E-state index in [9.17, 15) is 0 Å². The molecule has 0 aliphatic rings. The quantitative estimate of drug-likeness (QED) is 0.662. The van der Waals surface area contributed by atoms with Crippen molar-refractivity contribution < 1.29 is 4.43 Å². The summed E-state index contributed by atoms with van der Waals surface area (Å²) in [6.45, 7) is 16.0. The van der Waals surface area contributed by atoms with E-state index in [1.807, 2.05) is 12.3 Å². The van der Waals surface area contributed by atoms with E-state index < -0.39 is 9.04 Å². The Kier molecular flexibility index (Phi) is 5.99. The highest BCUT2D eigenvalue weighted by atomic mass is 79.9. The van der Waals surface area contributed by atoms with Gasteiger partial charge in [0.2, 0.25) is 0 Å². The fourth-order valence-electron chi connectivity index (χ4n) is 1.90. The lowest BCUT2D eigenvalue weighted by atomic mass is 9.66. The summed E-state index contributed by atoms with van der Waals surface area (Å²) in [5.74, 6) is 0. The first kappa shape index (κ1) is 17.9. The molecule has 4 heteroatoms. The van der Waals surface area contributed by atoms with Gasteiger partial charge in [-0.15, -0.1) is 0 Å². The summed E-state index contributed by atoms with van der Waals surface area (Å²) in [6.07, 6.45) is 2.96.